The first-order valence-electron chi connectivity index (χ1n) is 6.59. The van der Waals surface area contributed by atoms with Crippen LogP contribution in [0, 0.1) is 0 Å². The molecule has 19 heavy (non-hydrogen) atoms. The molecule has 1 aliphatic carbocycles. The number of carbonyl (C=O) groups is 1. The number of ether oxygens (including phenoxy) is 2. The topological polar surface area (TPSA) is 35.5 Å². The Morgan fingerprint density at radius 2 is 1.84 bits per heavy atom. The van der Waals surface area contributed by atoms with Crippen LogP contribution in [0.5, 0.6) is 0 Å². The van der Waals surface area contributed by atoms with Gasteiger partial charge in [0.05, 0.1) is 13.7 Å². The molecule has 2 bridgehead atoms. The van der Waals surface area contributed by atoms with Crippen LogP contribution in [0.3, 0.4) is 0 Å². The molecule has 4 heteroatoms. The molecule has 102 valence electrons. The summed E-state index contributed by atoms with van der Waals surface area (Å²) in [6.45, 7) is 0.615. The minimum absolute atomic E-state index is 0.0798. The molecular weight excluding hydrogens is 308 g/mol. The molecule has 3 nitrogen and oxygen atoms in total. The summed E-state index contributed by atoms with van der Waals surface area (Å²) < 4.78 is 11.9. The van der Waals surface area contributed by atoms with Gasteiger partial charge in [-0.15, -0.1) is 0 Å². The lowest BCUT2D eigenvalue weighted by molar-refractivity contribution is -0.198. The largest absolute Gasteiger partial charge is 0.467 e. The Morgan fingerprint density at radius 1 is 1.21 bits per heavy atom. The summed E-state index contributed by atoms with van der Waals surface area (Å²) in [7, 11) is 1.44. The van der Waals surface area contributed by atoms with Gasteiger partial charge in [-0.3, -0.25) is 0 Å². The van der Waals surface area contributed by atoms with E-state index in [0.29, 0.717) is 6.61 Å². The lowest BCUT2D eigenvalue weighted by Crippen LogP contribution is -2.57. The van der Waals surface area contributed by atoms with Gasteiger partial charge in [0.2, 0.25) is 0 Å². The van der Waals surface area contributed by atoms with Crippen molar-refractivity contribution >= 4 is 21.9 Å². The predicted molar refractivity (Wildman–Crippen MR) is 75.0 cm³/mol. The van der Waals surface area contributed by atoms with E-state index in [2.05, 4.69) is 40.2 Å². The summed E-state index contributed by atoms with van der Waals surface area (Å²) in [5, 5.41) is 0. The molecule has 0 N–H and O–H groups in total. The summed E-state index contributed by atoms with van der Waals surface area (Å²) in [4.78, 5) is 11.9. The van der Waals surface area contributed by atoms with Gasteiger partial charge in [0.15, 0.2) is 5.60 Å². The molecule has 4 rings (SSSR count). The molecule has 1 saturated carbocycles. The van der Waals surface area contributed by atoms with Gasteiger partial charge in [-0.1, -0.05) is 28.1 Å². The van der Waals surface area contributed by atoms with Crippen LogP contribution in [0.15, 0.2) is 28.7 Å². The van der Waals surface area contributed by atoms with Gasteiger partial charge in [0.25, 0.3) is 0 Å². The fraction of sp³-hybridized carbons (Fsp3) is 0.533. The standard InChI is InChI=1S/C15H17BrO3/c1-18-13(17)15-8-6-14(7-9-15,10-19-15)11-2-4-12(16)5-3-11/h2-5H,6-10H2,1H3. The second-order valence-electron chi connectivity index (χ2n) is 5.56. The third kappa shape index (κ3) is 2.01. The Morgan fingerprint density at radius 3 is 2.32 bits per heavy atom. The van der Waals surface area contributed by atoms with E-state index < -0.39 is 5.60 Å². The number of methoxy groups -OCH3 is 1. The van der Waals surface area contributed by atoms with Gasteiger partial charge in [0.1, 0.15) is 0 Å². The molecule has 1 aromatic carbocycles. The molecule has 0 amide bonds. The van der Waals surface area contributed by atoms with Gasteiger partial charge in [-0.05, 0) is 43.4 Å². The smallest absolute Gasteiger partial charge is 0.338 e. The van der Waals surface area contributed by atoms with Crippen LogP contribution in [0.2, 0.25) is 0 Å². The van der Waals surface area contributed by atoms with Crippen molar-refractivity contribution in [1.29, 1.82) is 0 Å². The van der Waals surface area contributed by atoms with E-state index in [4.69, 9.17) is 9.47 Å². The van der Waals surface area contributed by atoms with Gasteiger partial charge in [-0.2, -0.15) is 0 Å². The van der Waals surface area contributed by atoms with Crippen LogP contribution in [0.1, 0.15) is 31.2 Å². The summed E-state index contributed by atoms with van der Waals surface area (Å²) >= 11 is 3.46. The average molecular weight is 325 g/mol. The van der Waals surface area contributed by atoms with Crippen LogP contribution in [-0.2, 0) is 19.7 Å². The van der Waals surface area contributed by atoms with Gasteiger partial charge < -0.3 is 9.47 Å². The maximum Gasteiger partial charge on any atom is 0.338 e. The Hall–Kier alpha value is -0.870. The number of hydrogen-bond donors (Lipinski definition) is 0. The molecule has 0 spiro atoms. The van der Waals surface area contributed by atoms with Crippen LogP contribution >= 0.6 is 15.9 Å². The van der Waals surface area contributed by atoms with Crippen LogP contribution in [0.4, 0.5) is 0 Å². The van der Waals surface area contributed by atoms with E-state index in [1.54, 1.807) is 0 Å². The molecule has 3 fully saturated rings. The van der Waals surface area contributed by atoms with Crippen LogP contribution in [0.25, 0.3) is 0 Å². The Balaban J connectivity index is 1.85. The molecule has 0 unspecified atom stereocenters. The second kappa shape index (κ2) is 4.60. The third-order valence-electron chi connectivity index (χ3n) is 4.65. The minimum Gasteiger partial charge on any atom is -0.467 e. The van der Waals surface area contributed by atoms with Crippen molar-refractivity contribution in [3.05, 3.63) is 34.3 Å². The van der Waals surface area contributed by atoms with Crippen molar-refractivity contribution < 1.29 is 14.3 Å². The number of rotatable bonds is 2. The van der Waals surface area contributed by atoms with Crippen molar-refractivity contribution in [3.8, 4) is 0 Å². The van der Waals surface area contributed by atoms with E-state index in [1.807, 2.05) is 0 Å². The van der Waals surface area contributed by atoms with Crippen LogP contribution in [-0.4, -0.2) is 25.3 Å². The SMILES string of the molecule is COC(=O)C12CCC(c3ccc(Br)cc3)(CC1)CO2. The summed E-state index contributed by atoms with van der Waals surface area (Å²) in [6, 6.07) is 8.45. The van der Waals surface area contributed by atoms with Crippen molar-refractivity contribution in [3.63, 3.8) is 0 Å². The number of halogens is 1. The highest BCUT2D eigenvalue weighted by Gasteiger charge is 2.55. The second-order valence-corrected chi connectivity index (χ2v) is 6.48. The molecule has 0 aromatic heterocycles. The monoisotopic (exact) mass is 324 g/mol. The highest BCUT2D eigenvalue weighted by Crippen LogP contribution is 2.50. The molecule has 0 radical (unpaired) electrons. The summed E-state index contributed by atoms with van der Waals surface area (Å²) in [5.41, 5.74) is 0.719. The van der Waals surface area contributed by atoms with E-state index >= 15 is 0 Å². The summed E-state index contributed by atoms with van der Waals surface area (Å²) in [5.74, 6) is -0.211. The predicted octanol–water partition coefficient (Wildman–Crippen LogP) is 3.20. The highest BCUT2D eigenvalue weighted by molar-refractivity contribution is 9.10. The maximum absolute atomic E-state index is 11.9. The van der Waals surface area contributed by atoms with Crippen LogP contribution < -0.4 is 0 Å². The van der Waals surface area contributed by atoms with Crippen molar-refractivity contribution in [2.75, 3.05) is 13.7 Å². The van der Waals surface area contributed by atoms with Crippen molar-refractivity contribution in [1.82, 2.24) is 0 Å². The number of benzene rings is 1. The molecular formula is C15H17BrO3. The van der Waals surface area contributed by atoms with Gasteiger partial charge >= 0.3 is 5.97 Å². The first-order chi connectivity index (χ1) is 9.10. The van der Waals surface area contributed by atoms with Crippen molar-refractivity contribution in [2.45, 2.75) is 36.7 Å². The van der Waals surface area contributed by atoms with E-state index in [-0.39, 0.29) is 11.4 Å². The zero-order valence-corrected chi connectivity index (χ0v) is 12.5. The third-order valence-corrected chi connectivity index (χ3v) is 5.18. The van der Waals surface area contributed by atoms with Crippen molar-refractivity contribution in [2.24, 2.45) is 0 Å². The number of carbonyl (C=O) groups excluding carboxylic acids is 1. The molecule has 0 atom stereocenters. The normalized spacial score (nSPS) is 33.2. The first kappa shape index (κ1) is 13.1. The maximum atomic E-state index is 11.9. The average Bonchev–Trinajstić information content (AvgIpc) is 2.49. The molecule has 2 aliphatic heterocycles. The zero-order chi connectivity index (χ0) is 13.5. The lowest BCUT2D eigenvalue weighted by Gasteiger charge is -2.51. The number of hydrogen-bond acceptors (Lipinski definition) is 3. The Kier molecular flexibility index (Phi) is 3.18. The molecule has 1 aromatic rings. The molecule has 2 saturated heterocycles. The van der Waals surface area contributed by atoms with Gasteiger partial charge in [-0.25, -0.2) is 4.79 Å². The van der Waals surface area contributed by atoms with Gasteiger partial charge in [0, 0.05) is 9.89 Å². The first-order valence-corrected chi connectivity index (χ1v) is 7.38. The fourth-order valence-electron chi connectivity index (χ4n) is 3.32. The quantitative estimate of drug-likeness (QED) is 0.784. The highest BCUT2D eigenvalue weighted by atomic mass is 79.9. The fourth-order valence-corrected chi connectivity index (χ4v) is 3.59. The Labute approximate surface area is 121 Å². The van der Waals surface area contributed by atoms with E-state index in [0.717, 1.165) is 30.2 Å². The minimum atomic E-state index is -0.675. The number of fused-ring (bicyclic) bond motifs is 3. The molecule has 2 heterocycles. The molecule has 3 aliphatic rings. The lowest BCUT2D eigenvalue weighted by atomic mass is 9.63. The number of esters is 1. The summed E-state index contributed by atoms with van der Waals surface area (Å²) in [6.07, 6.45) is 3.50. The Bertz CT molecular complexity index is 470. The van der Waals surface area contributed by atoms with E-state index in [1.165, 1.54) is 12.7 Å². The van der Waals surface area contributed by atoms with E-state index in [9.17, 15) is 4.79 Å². The zero-order valence-electron chi connectivity index (χ0n) is 10.9.